The van der Waals surface area contributed by atoms with E-state index in [1.807, 2.05) is 18.2 Å². The van der Waals surface area contributed by atoms with Crippen molar-refractivity contribution in [2.75, 3.05) is 18.0 Å². The van der Waals surface area contributed by atoms with Crippen molar-refractivity contribution in [1.29, 1.82) is 0 Å². The fraction of sp³-hybridized carbons (Fsp3) is 0.250. The minimum Gasteiger partial charge on any atom is -1.00 e. The molecule has 0 amide bonds. The Hall–Kier alpha value is -1.58. The predicted molar refractivity (Wildman–Crippen MR) is 137 cm³/mol. The van der Waals surface area contributed by atoms with E-state index in [4.69, 9.17) is 11.6 Å². The molecule has 0 atom stereocenters. The summed E-state index contributed by atoms with van der Waals surface area (Å²) in [5.74, 6) is 0. The second kappa shape index (κ2) is 12.2. The summed E-state index contributed by atoms with van der Waals surface area (Å²) in [7, 11) is 0. The topological polar surface area (TPSA) is 44.7 Å². The number of anilines is 1. The quantitative estimate of drug-likeness (QED) is 0.126. The number of aryl methyl sites for hydroxylation is 1. The van der Waals surface area contributed by atoms with Crippen LogP contribution in [-0.2, 0) is 6.54 Å². The van der Waals surface area contributed by atoms with Gasteiger partial charge in [-0.05, 0) is 13.8 Å². The Morgan fingerprint density at radius 1 is 1.03 bits per heavy atom. The molecule has 0 spiro atoms. The zero-order valence-electron chi connectivity index (χ0n) is 18.7. The van der Waals surface area contributed by atoms with E-state index < -0.39 is 0 Å². The van der Waals surface area contributed by atoms with Crippen LogP contribution in [0.15, 0.2) is 58.8 Å². The molecule has 4 aromatic rings. The second-order valence-corrected chi connectivity index (χ2v) is 10.6. The van der Waals surface area contributed by atoms with Crippen molar-refractivity contribution < 1.29 is 28.5 Å². The van der Waals surface area contributed by atoms with Crippen LogP contribution in [0.4, 0.5) is 16.5 Å². The van der Waals surface area contributed by atoms with E-state index in [0.29, 0.717) is 24.8 Å². The fourth-order valence-corrected chi connectivity index (χ4v) is 6.88. The van der Waals surface area contributed by atoms with Crippen molar-refractivity contribution in [3.05, 3.63) is 63.1 Å². The van der Waals surface area contributed by atoms with Crippen LogP contribution in [-0.4, -0.2) is 32.6 Å². The van der Waals surface area contributed by atoms with Gasteiger partial charge in [-0.2, -0.15) is 0 Å². The van der Waals surface area contributed by atoms with Crippen LogP contribution >= 0.6 is 22.9 Å². The average Bonchev–Trinajstić information content (AvgIpc) is 3.36. The Morgan fingerprint density at radius 2 is 1.76 bits per heavy atom. The number of azo groups is 1. The number of nitrogens with zero attached hydrogens (tertiary/aromatic N) is 5. The number of benzene rings is 2. The zero-order valence-corrected chi connectivity index (χ0v) is 24.1. The molecule has 2 aromatic carbocycles. The number of aromatic nitrogens is 2. The van der Waals surface area contributed by atoms with Crippen molar-refractivity contribution in [2.45, 2.75) is 27.3 Å². The Bertz CT molecular complexity index is 1260. The van der Waals surface area contributed by atoms with Crippen LogP contribution < -0.4 is 33.4 Å². The van der Waals surface area contributed by atoms with Crippen LogP contribution in [0, 0.1) is 0 Å². The first-order valence-corrected chi connectivity index (χ1v) is 13.6. The van der Waals surface area contributed by atoms with Crippen LogP contribution in [0.5, 0.6) is 0 Å². The van der Waals surface area contributed by atoms with Gasteiger partial charge in [-0.15, -0.1) is 0 Å². The molecule has 4 rings (SSSR count). The van der Waals surface area contributed by atoms with Gasteiger partial charge in [-0.1, -0.05) is 0 Å². The van der Waals surface area contributed by atoms with Gasteiger partial charge >= 0.3 is 172 Å². The Balaban J connectivity index is 0.00000306. The minimum absolute atomic E-state index is 0. The van der Waals surface area contributed by atoms with Gasteiger partial charge in [0.05, 0.1) is 0 Å². The van der Waals surface area contributed by atoms with Gasteiger partial charge in [-0.3, -0.25) is 0 Å². The normalized spacial score (nSPS) is 11.5. The molecule has 172 valence electrons. The number of fused-ring (bicyclic) bond motifs is 1. The maximum absolute atomic E-state index is 6.38. The molecule has 2 heterocycles. The summed E-state index contributed by atoms with van der Waals surface area (Å²) in [5.41, 5.74) is 3.30. The molecule has 0 aliphatic rings. The molecular weight excluding hydrogens is 632 g/mol. The molecule has 0 bridgehead atoms. The van der Waals surface area contributed by atoms with Crippen molar-refractivity contribution in [1.82, 2.24) is 4.98 Å². The molecule has 0 saturated carbocycles. The second-order valence-electron chi connectivity index (χ2n) is 7.03. The standard InChI is InChI=1S/C24H25ClN5SSe.HI/c1-4-29(5-2)18-13-11-17(12-14-18)27-28-24-26-23(25)20(31-24)15-16-22-30(6-3)19-9-7-8-10-21(19)32-22;/h7-16H,4-6H2,1-3H3;1H/q+1;/p-1. The Morgan fingerprint density at radius 3 is 2.45 bits per heavy atom. The largest absolute Gasteiger partial charge is 1.00 e. The van der Waals surface area contributed by atoms with E-state index in [0.717, 1.165) is 30.2 Å². The van der Waals surface area contributed by atoms with Gasteiger partial charge < -0.3 is 28.9 Å². The Labute approximate surface area is 226 Å². The summed E-state index contributed by atoms with van der Waals surface area (Å²) in [6, 6.07) is 16.7. The average molecular weight is 657 g/mol. The Kier molecular flexibility index (Phi) is 9.64. The summed E-state index contributed by atoms with van der Waals surface area (Å²) >= 11 is 8.12. The molecule has 9 heteroatoms. The smallest absolute Gasteiger partial charge is 1.00 e. The van der Waals surface area contributed by atoms with Gasteiger partial charge in [0, 0.05) is 13.1 Å². The molecular formula is C24H25ClIN5SSe. The maximum Gasteiger partial charge on any atom is -1.00 e. The van der Waals surface area contributed by atoms with E-state index in [9.17, 15) is 0 Å². The zero-order chi connectivity index (χ0) is 22.5. The van der Waals surface area contributed by atoms with Crippen molar-refractivity contribution in [2.24, 2.45) is 10.2 Å². The molecule has 0 saturated heterocycles. The third-order valence-electron chi connectivity index (χ3n) is 5.16. The van der Waals surface area contributed by atoms with E-state index in [-0.39, 0.29) is 24.0 Å². The van der Waals surface area contributed by atoms with Crippen molar-refractivity contribution in [3.63, 3.8) is 0 Å². The first-order valence-electron chi connectivity index (χ1n) is 10.7. The minimum atomic E-state index is 0. The van der Waals surface area contributed by atoms with Crippen LogP contribution in [0.1, 0.15) is 30.2 Å². The molecule has 2 aromatic heterocycles. The maximum atomic E-state index is 6.38. The van der Waals surface area contributed by atoms with Gasteiger partial charge in [-0.25, -0.2) is 0 Å². The SMILES string of the molecule is CCN(CC)c1ccc(N=Nc2nc(Cl)c(/C=C/c3[se]c4ccccc4[n+]3CC)s2)cc1.[I-]. The third-order valence-corrected chi connectivity index (χ3v) is 8.84. The summed E-state index contributed by atoms with van der Waals surface area (Å²) in [6.45, 7) is 9.39. The third kappa shape index (κ3) is 6.11. The predicted octanol–water partition coefficient (Wildman–Crippen LogP) is 3.75. The van der Waals surface area contributed by atoms with Gasteiger partial charge in [0.25, 0.3) is 0 Å². The summed E-state index contributed by atoms with van der Waals surface area (Å²) in [5, 5.41) is 9.65. The number of hydrogen-bond acceptors (Lipinski definition) is 5. The molecule has 0 N–H and O–H groups in total. The first-order chi connectivity index (χ1) is 15.6. The van der Waals surface area contributed by atoms with Crippen LogP contribution in [0.2, 0.25) is 5.15 Å². The van der Waals surface area contributed by atoms with E-state index in [2.05, 4.69) is 87.9 Å². The molecule has 0 fully saturated rings. The number of thiazole rings is 1. The fourth-order valence-electron chi connectivity index (χ4n) is 3.52. The molecule has 0 aliphatic carbocycles. The van der Waals surface area contributed by atoms with E-state index in [1.165, 1.54) is 31.4 Å². The number of halogens is 2. The summed E-state index contributed by atoms with van der Waals surface area (Å²) in [4.78, 5) is 7.56. The van der Waals surface area contributed by atoms with E-state index >= 15 is 0 Å². The van der Waals surface area contributed by atoms with Crippen molar-refractivity contribution >= 4 is 75.9 Å². The molecule has 0 unspecified atom stereocenters. The molecule has 33 heavy (non-hydrogen) atoms. The van der Waals surface area contributed by atoms with Gasteiger partial charge in [0.15, 0.2) is 0 Å². The van der Waals surface area contributed by atoms with Crippen LogP contribution in [0.25, 0.3) is 21.9 Å². The monoisotopic (exact) mass is 657 g/mol. The van der Waals surface area contributed by atoms with Crippen LogP contribution in [0.3, 0.4) is 0 Å². The van der Waals surface area contributed by atoms with Gasteiger partial charge in [0.2, 0.25) is 0 Å². The summed E-state index contributed by atoms with van der Waals surface area (Å²) in [6.07, 6.45) is 4.21. The number of rotatable bonds is 8. The molecule has 5 nitrogen and oxygen atoms in total. The molecule has 0 aliphatic heterocycles. The van der Waals surface area contributed by atoms with E-state index in [1.54, 1.807) is 0 Å². The van der Waals surface area contributed by atoms with Crippen molar-refractivity contribution in [3.8, 4) is 0 Å². The number of hydrogen-bond donors (Lipinski definition) is 0. The number of para-hydroxylation sites is 1. The molecule has 0 radical (unpaired) electrons. The summed E-state index contributed by atoms with van der Waals surface area (Å²) < 4.78 is 5.10. The first kappa shape index (κ1) is 26.0. The van der Waals surface area contributed by atoms with Gasteiger partial charge in [0.1, 0.15) is 0 Å².